The number of hydrogen-bond donors (Lipinski definition) is 1. The molecule has 3 aromatic rings. The Labute approximate surface area is 93.2 Å². The highest BCUT2D eigenvalue weighted by Crippen LogP contribution is 2.19. The van der Waals surface area contributed by atoms with E-state index in [1.54, 1.807) is 0 Å². The minimum absolute atomic E-state index is 0.740. The lowest BCUT2D eigenvalue weighted by molar-refractivity contribution is 1.19. The van der Waals surface area contributed by atoms with Gasteiger partial charge in [-0.3, -0.25) is 0 Å². The van der Waals surface area contributed by atoms with Gasteiger partial charge in [0.05, 0.1) is 5.69 Å². The zero-order chi connectivity index (χ0) is 11.0. The fourth-order valence-corrected chi connectivity index (χ4v) is 1.76. The van der Waals surface area contributed by atoms with E-state index in [4.69, 9.17) is 5.73 Å². The molecule has 0 saturated heterocycles. The lowest BCUT2D eigenvalue weighted by atomic mass is 10.2. The molecule has 16 heavy (non-hydrogen) atoms. The number of benzene rings is 1. The first kappa shape index (κ1) is 8.97. The standard InChI is InChI=1S/C13H11N3/c14-11-6-7-13-15-12(9-16(13)8-11)10-4-2-1-3-5-10/h1-9H,14H2. The van der Waals surface area contributed by atoms with E-state index < -0.39 is 0 Å². The largest absolute Gasteiger partial charge is 0.398 e. The van der Waals surface area contributed by atoms with Gasteiger partial charge in [-0.15, -0.1) is 0 Å². The van der Waals surface area contributed by atoms with Crippen molar-refractivity contribution in [3.05, 3.63) is 54.9 Å². The summed E-state index contributed by atoms with van der Waals surface area (Å²) < 4.78 is 1.94. The average molecular weight is 209 g/mol. The molecule has 0 fully saturated rings. The van der Waals surface area contributed by atoms with Gasteiger partial charge in [-0.05, 0) is 12.1 Å². The van der Waals surface area contributed by atoms with Gasteiger partial charge in [0.15, 0.2) is 0 Å². The summed E-state index contributed by atoms with van der Waals surface area (Å²) in [4.78, 5) is 4.53. The van der Waals surface area contributed by atoms with Gasteiger partial charge in [0.2, 0.25) is 0 Å². The first-order valence-corrected chi connectivity index (χ1v) is 5.12. The summed E-state index contributed by atoms with van der Waals surface area (Å²) in [6, 6.07) is 13.9. The Morgan fingerprint density at radius 3 is 2.56 bits per heavy atom. The van der Waals surface area contributed by atoms with Crippen molar-refractivity contribution in [2.24, 2.45) is 0 Å². The van der Waals surface area contributed by atoms with E-state index >= 15 is 0 Å². The van der Waals surface area contributed by atoms with Crippen LogP contribution in [0.1, 0.15) is 0 Å². The smallest absolute Gasteiger partial charge is 0.137 e. The van der Waals surface area contributed by atoms with Crippen LogP contribution < -0.4 is 5.73 Å². The van der Waals surface area contributed by atoms with E-state index in [0.717, 1.165) is 22.6 Å². The molecule has 0 atom stereocenters. The minimum atomic E-state index is 0.740. The van der Waals surface area contributed by atoms with Crippen molar-refractivity contribution in [3.63, 3.8) is 0 Å². The van der Waals surface area contributed by atoms with Crippen molar-refractivity contribution in [2.75, 3.05) is 5.73 Å². The molecular weight excluding hydrogens is 198 g/mol. The Hall–Kier alpha value is -2.29. The third-order valence-corrected chi connectivity index (χ3v) is 2.54. The molecule has 0 saturated carbocycles. The molecule has 0 aliphatic heterocycles. The maximum Gasteiger partial charge on any atom is 0.137 e. The summed E-state index contributed by atoms with van der Waals surface area (Å²) in [6.45, 7) is 0. The fourth-order valence-electron chi connectivity index (χ4n) is 1.76. The molecule has 2 N–H and O–H groups in total. The summed E-state index contributed by atoms with van der Waals surface area (Å²) in [5.74, 6) is 0. The van der Waals surface area contributed by atoms with Gasteiger partial charge in [0.25, 0.3) is 0 Å². The zero-order valence-corrected chi connectivity index (χ0v) is 8.67. The lowest BCUT2D eigenvalue weighted by Crippen LogP contribution is -1.88. The van der Waals surface area contributed by atoms with Gasteiger partial charge in [0, 0.05) is 23.6 Å². The second kappa shape index (κ2) is 3.38. The van der Waals surface area contributed by atoms with E-state index in [9.17, 15) is 0 Å². The Kier molecular flexibility index (Phi) is 1.90. The number of hydrogen-bond acceptors (Lipinski definition) is 2. The van der Waals surface area contributed by atoms with Crippen LogP contribution in [0.3, 0.4) is 0 Å². The quantitative estimate of drug-likeness (QED) is 0.669. The van der Waals surface area contributed by atoms with Crippen molar-refractivity contribution >= 4 is 11.3 Å². The van der Waals surface area contributed by atoms with Gasteiger partial charge in [-0.25, -0.2) is 4.98 Å². The Morgan fingerprint density at radius 2 is 1.75 bits per heavy atom. The lowest BCUT2D eigenvalue weighted by Gasteiger charge is -1.93. The van der Waals surface area contributed by atoms with Crippen molar-refractivity contribution in [2.45, 2.75) is 0 Å². The van der Waals surface area contributed by atoms with E-state index in [1.165, 1.54) is 0 Å². The molecule has 3 heteroatoms. The maximum absolute atomic E-state index is 5.72. The maximum atomic E-state index is 5.72. The molecule has 0 amide bonds. The van der Waals surface area contributed by atoms with E-state index in [1.807, 2.05) is 59.3 Å². The van der Waals surface area contributed by atoms with Crippen LogP contribution >= 0.6 is 0 Å². The highest BCUT2D eigenvalue weighted by molar-refractivity contribution is 5.63. The predicted molar refractivity (Wildman–Crippen MR) is 65.0 cm³/mol. The van der Waals surface area contributed by atoms with Crippen molar-refractivity contribution < 1.29 is 0 Å². The molecule has 2 aromatic heterocycles. The second-order valence-electron chi connectivity index (χ2n) is 3.72. The van der Waals surface area contributed by atoms with Crippen molar-refractivity contribution in [1.29, 1.82) is 0 Å². The molecule has 1 aromatic carbocycles. The number of pyridine rings is 1. The number of nitrogen functional groups attached to an aromatic ring is 1. The molecule has 0 aliphatic rings. The Morgan fingerprint density at radius 1 is 0.938 bits per heavy atom. The van der Waals surface area contributed by atoms with Crippen LogP contribution in [0.5, 0.6) is 0 Å². The summed E-state index contributed by atoms with van der Waals surface area (Å²) in [5, 5.41) is 0. The zero-order valence-electron chi connectivity index (χ0n) is 8.67. The first-order valence-electron chi connectivity index (χ1n) is 5.12. The van der Waals surface area contributed by atoms with E-state index in [0.29, 0.717) is 0 Å². The number of imidazole rings is 1. The number of fused-ring (bicyclic) bond motifs is 1. The highest BCUT2D eigenvalue weighted by Gasteiger charge is 2.03. The van der Waals surface area contributed by atoms with Crippen LogP contribution in [0, 0.1) is 0 Å². The second-order valence-corrected chi connectivity index (χ2v) is 3.72. The minimum Gasteiger partial charge on any atom is -0.398 e. The van der Waals surface area contributed by atoms with Crippen LogP contribution in [0.2, 0.25) is 0 Å². The summed E-state index contributed by atoms with van der Waals surface area (Å²) in [6.07, 6.45) is 3.86. The molecule has 0 aliphatic carbocycles. The molecule has 3 nitrogen and oxygen atoms in total. The van der Waals surface area contributed by atoms with Gasteiger partial charge >= 0.3 is 0 Å². The molecule has 78 valence electrons. The Balaban J connectivity index is 2.19. The van der Waals surface area contributed by atoms with Crippen LogP contribution in [0.4, 0.5) is 5.69 Å². The van der Waals surface area contributed by atoms with Gasteiger partial charge in [0.1, 0.15) is 5.65 Å². The predicted octanol–water partition coefficient (Wildman–Crippen LogP) is 2.58. The summed E-state index contributed by atoms with van der Waals surface area (Å²) in [7, 11) is 0. The number of anilines is 1. The third-order valence-electron chi connectivity index (χ3n) is 2.54. The van der Waals surface area contributed by atoms with Crippen molar-refractivity contribution in [1.82, 2.24) is 9.38 Å². The molecule has 3 rings (SSSR count). The van der Waals surface area contributed by atoms with Gasteiger partial charge in [-0.1, -0.05) is 30.3 Å². The highest BCUT2D eigenvalue weighted by atomic mass is 15.0. The molecule has 0 spiro atoms. The first-order chi connectivity index (χ1) is 7.83. The van der Waals surface area contributed by atoms with Crippen LogP contribution in [-0.4, -0.2) is 9.38 Å². The average Bonchev–Trinajstić information content (AvgIpc) is 2.73. The van der Waals surface area contributed by atoms with Crippen LogP contribution in [0.15, 0.2) is 54.9 Å². The number of aromatic nitrogens is 2. The number of rotatable bonds is 1. The normalized spacial score (nSPS) is 10.8. The summed E-state index contributed by atoms with van der Waals surface area (Å²) >= 11 is 0. The SMILES string of the molecule is Nc1ccc2nc(-c3ccccc3)cn2c1. The molecular formula is C13H11N3. The summed E-state index contributed by atoms with van der Waals surface area (Å²) in [5.41, 5.74) is 9.45. The van der Waals surface area contributed by atoms with Crippen LogP contribution in [-0.2, 0) is 0 Å². The Bertz CT molecular complexity index is 626. The molecule has 0 unspecified atom stereocenters. The molecule has 0 radical (unpaired) electrons. The number of nitrogens with two attached hydrogens (primary N) is 1. The topological polar surface area (TPSA) is 43.3 Å². The number of nitrogens with zero attached hydrogens (tertiary/aromatic N) is 2. The monoisotopic (exact) mass is 209 g/mol. The molecule has 0 bridgehead atoms. The van der Waals surface area contributed by atoms with Gasteiger partial charge in [-0.2, -0.15) is 0 Å². The van der Waals surface area contributed by atoms with E-state index in [-0.39, 0.29) is 0 Å². The van der Waals surface area contributed by atoms with Gasteiger partial charge < -0.3 is 10.1 Å². The van der Waals surface area contributed by atoms with Crippen molar-refractivity contribution in [3.8, 4) is 11.3 Å². The third kappa shape index (κ3) is 1.42. The fraction of sp³-hybridized carbons (Fsp3) is 0. The van der Waals surface area contributed by atoms with E-state index in [2.05, 4.69) is 4.98 Å². The van der Waals surface area contributed by atoms with Crippen LogP contribution in [0.25, 0.3) is 16.9 Å². The molecule has 2 heterocycles.